The average molecular weight is 425 g/mol. The van der Waals surface area contributed by atoms with E-state index in [4.69, 9.17) is 10.5 Å². The molecular weight excluding hydrogens is 400 g/mol. The number of anilines is 3. The second kappa shape index (κ2) is 8.12. The van der Waals surface area contributed by atoms with E-state index in [2.05, 4.69) is 11.4 Å². The third-order valence-electron chi connectivity index (χ3n) is 4.89. The quantitative estimate of drug-likeness (QED) is 0.377. The molecule has 0 saturated heterocycles. The molecule has 3 N–H and O–H groups in total. The smallest absolute Gasteiger partial charge is 0.419 e. The maximum Gasteiger partial charge on any atom is 0.419 e. The van der Waals surface area contributed by atoms with Gasteiger partial charge in [0.25, 0.3) is 0 Å². The molecular formula is C26H24N4O2. The zero-order valence-corrected chi connectivity index (χ0v) is 18.2. The van der Waals surface area contributed by atoms with E-state index in [1.807, 2.05) is 81.4 Å². The number of nitrogens with two attached hydrogens (primary N) is 1. The van der Waals surface area contributed by atoms with E-state index in [-0.39, 0.29) is 0 Å². The van der Waals surface area contributed by atoms with Crippen molar-refractivity contribution in [3.05, 3.63) is 78.4 Å². The van der Waals surface area contributed by atoms with Crippen LogP contribution in [0.3, 0.4) is 0 Å². The Kier molecular flexibility index (Phi) is 5.33. The number of carbonyl (C=O) groups excluding carboxylic acids is 1. The van der Waals surface area contributed by atoms with Crippen molar-refractivity contribution < 1.29 is 9.53 Å². The Morgan fingerprint density at radius 1 is 0.969 bits per heavy atom. The van der Waals surface area contributed by atoms with Gasteiger partial charge in [-0.15, -0.1) is 0 Å². The number of benzene rings is 3. The van der Waals surface area contributed by atoms with Crippen molar-refractivity contribution in [2.75, 3.05) is 11.1 Å². The van der Waals surface area contributed by atoms with Crippen LogP contribution in [-0.4, -0.2) is 16.3 Å². The number of hydrogen-bond acceptors (Lipinski definition) is 5. The molecule has 0 unspecified atom stereocenters. The number of nitrogens with one attached hydrogen (secondary N) is 1. The first kappa shape index (κ1) is 21.0. The number of rotatable bonds is 3. The van der Waals surface area contributed by atoms with Crippen LogP contribution >= 0.6 is 0 Å². The highest BCUT2D eigenvalue weighted by atomic mass is 16.6. The van der Waals surface area contributed by atoms with Gasteiger partial charge in [0.1, 0.15) is 5.60 Å². The minimum Gasteiger partial charge on any atom is -0.443 e. The lowest BCUT2D eigenvalue weighted by molar-refractivity contribution is 0.0547. The lowest BCUT2D eigenvalue weighted by atomic mass is 10.1. The second-order valence-corrected chi connectivity index (χ2v) is 8.56. The fourth-order valence-corrected chi connectivity index (χ4v) is 3.44. The first-order chi connectivity index (χ1) is 15.2. The van der Waals surface area contributed by atoms with Crippen molar-refractivity contribution in [1.82, 2.24) is 4.57 Å². The fourth-order valence-electron chi connectivity index (χ4n) is 3.44. The van der Waals surface area contributed by atoms with Crippen LogP contribution in [0.15, 0.2) is 72.8 Å². The van der Waals surface area contributed by atoms with Crippen LogP contribution in [0.2, 0.25) is 0 Å². The molecule has 0 radical (unpaired) electrons. The summed E-state index contributed by atoms with van der Waals surface area (Å²) in [7, 11) is 0. The van der Waals surface area contributed by atoms with Crippen molar-refractivity contribution in [3.8, 4) is 17.3 Å². The minimum atomic E-state index is -0.648. The van der Waals surface area contributed by atoms with Gasteiger partial charge < -0.3 is 15.8 Å². The standard InChI is InChI=1S/C26H24N4O2/c1-26(2,3)32-25(31)30-23-14-17(16-27)4-5-19(23)15-24(30)18-6-10-21(11-7-18)29-22-12-8-20(28)9-13-22/h4-15,29H,28H2,1-3H3. The summed E-state index contributed by atoms with van der Waals surface area (Å²) in [6.45, 7) is 5.48. The second-order valence-electron chi connectivity index (χ2n) is 8.56. The molecule has 0 aliphatic heterocycles. The van der Waals surface area contributed by atoms with E-state index in [9.17, 15) is 10.1 Å². The molecule has 6 heteroatoms. The number of fused-ring (bicyclic) bond motifs is 1. The van der Waals surface area contributed by atoms with Crippen molar-refractivity contribution in [2.24, 2.45) is 0 Å². The molecule has 0 aliphatic carbocycles. The first-order valence-electron chi connectivity index (χ1n) is 10.3. The highest BCUT2D eigenvalue weighted by molar-refractivity contribution is 5.97. The number of nitrogens with zero attached hydrogens (tertiary/aromatic N) is 2. The lowest BCUT2D eigenvalue weighted by Crippen LogP contribution is -2.27. The molecule has 32 heavy (non-hydrogen) atoms. The Hall–Kier alpha value is -4.24. The summed E-state index contributed by atoms with van der Waals surface area (Å²) in [4.78, 5) is 13.1. The van der Waals surface area contributed by atoms with Gasteiger partial charge in [-0.25, -0.2) is 9.36 Å². The highest BCUT2D eigenvalue weighted by Crippen LogP contribution is 2.31. The molecule has 160 valence electrons. The van der Waals surface area contributed by atoms with Crippen LogP contribution in [-0.2, 0) is 4.74 Å². The number of ether oxygens (including phenoxy) is 1. The van der Waals surface area contributed by atoms with Gasteiger partial charge >= 0.3 is 6.09 Å². The third kappa shape index (κ3) is 4.42. The largest absolute Gasteiger partial charge is 0.443 e. The SMILES string of the molecule is CC(C)(C)OC(=O)n1c(-c2ccc(Nc3ccc(N)cc3)cc2)cc2ccc(C#N)cc21. The molecule has 0 bridgehead atoms. The summed E-state index contributed by atoms with van der Waals surface area (Å²) in [5.41, 5.74) is 10.3. The Balaban J connectivity index is 1.74. The number of nitrogen functional groups attached to an aromatic ring is 1. The van der Waals surface area contributed by atoms with Crippen molar-refractivity contribution in [3.63, 3.8) is 0 Å². The Morgan fingerprint density at radius 3 is 2.19 bits per heavy atom. The zero-order chi connectivity index (χ0) is 22.9. The van der Waals surface area contributed by atoms with Crippen LogP contribution in [0.25, 0.3) is 22.2 Å². The molecule has 0 saturated carbocycles. The van der Waals surface area contributed by atoms with Crippen molar-refractivity contribution >= 4 is 34.1 Å². The molecule has 4 rings (SSSR count). The third-order valence-corrected chi connectivity index (χ3v) is 4.89. The fraction of sp³-hybridized carbons (Fsp3) is 0.154. The lowest BCUT2D eigenvalue weighted by Gasteiger charge is -2.21. The van der Waals surface area contributed by atoms with Gasteiger partial charge in [0.2, 0.25) is 0 Å². The summed E-state index contributed by atoms with van der Waals surface area (Å²) >= 11 is 0. The van der Waals surface area contributed by atoms with E-state index >= 15 is 0 Å². The summed E-state index contributed by atoms with van der Waals surface area (Å²) in [5, 5.41) is 13.5. The summed E-state index contributed by atoms with van der Waals surface area (Å²) in [5.74, 6) is 0. The van der Waals surface area contributed by atoms with E-state index in [1.165, 1.54) is 4.57 Å². The highest BCUT2D eigenvalue weighted by Gasteiger charge is 2.23. The molecule has 0 amide bonds. The molecule has 6 nitrogen and oxygen atoms in total. The van der Waals surface area contributed by atoms with Gasteiger partial charge in [-0.05, 0) is 80.9 Å². The zero-order valence-electron chi connectivity index (χ0n) is 18.2. The van der Waals surface area contributed by atoms with Gasteiger partial charge in [-0.1, -0.05) is 18.2 Å². The van der Waals surface area contributed by atoms with E-state index in [0.717, 1.165) is 22.3 Å². The Labute approximate surface area is 186 Å². The first-order valence-corrected chi connectivity index (χ1v) is 10.3. The number of carbonyl (C=O) groups is 1. The van der Waals surface area contributed by atoms with E-state index in [1.54, 1.807) is 12.1 Å². The van der Waals surface area contributed by atoms with Gasteiger partial charge in [0.05, 0.1) is 22.8 Å². The van der Waals surface area contributed by atoms with E-state index < -0.39 is 11.7 Å². The molecule has 0 atom stereocenters. The van der Waals surface area contributed by atoms with Crippen molar-refractivity contribution in [1.29, 1.82) is 5.26 Å². The Bertz CT molecular complexity index is 1320. The van der Waals surface area contributed by atoms with Crippen LogP contribution in [0.4, 0.5) is 21.9 Å². The monoisotopic (exact) mass is 424 g/mol. The summed E-state index contributed by atoms with van der Waals surface area (Å²) in [6, 6.07) is 24.6. The number of nitriles is 1. The number of aromatic nitrogens is 1. The molecule has 0 fully saturated rings. The molecule has 0 aliphatic rings. The van der Waals surface area contributed by atoms with Gasteiger partial charge in [0.15, 0.2) is 0 Å². The minimum absolute atomic E-state index is 0.481. The normalized spacial score (nSPS) is 11.2. The maximum absolute atomic E-state index is 13.1. The number of hydrogen-bond donors (Lipinski definition) is 2. The van der Waals surface area contributed by atoms with Gasteiger partial charge in [-0.2, -0.15) is 5.26 Å². The topological polar surface area (TPSA) is 93.1 Å². The predicted octanol–water partition coefficient (Wildman–Crippen LogP) is 6.29. The van der Waals surface area contributed by atoms with Crippen LogP contribution in [0.5, 0.6) is 0 Å². The molecule has 1 aromatic heterocycles. The van der Waals surface area contributed by atoms with Crippen LogP contribution in [0, 0.1) is 11.3 Å². The van der Waals surface area contributed by atoms with Crippen LogP contribution < -0.4 is 11.1 Å². The van der Waals surface area contributed by atoms with Gasteiger partial charge in [0, 0.05) is 22.4 Å². The van der Waals surface area contributed by atoms with E-state index in [0.29, 0.717) is 22.5 Å². The summed E-state index contributed by atoms with van der Waals surface area (Å²) in [6.07, 6.45) is -0.485. The molecule has 0 spiro atoms. The average Bonchev–Trinajstić information content (AvgIpc) is 3.13. The predicted molar refractivity (Wildman–Crippen MR) is 128 cm³/mol. The van der Waals surface area contributed by atoms with Gasteiger partial charge in [-0.3, -0.25) is 0 Å². The molecule has 4 aromatic rings. The maximum atomic E-state index is 13.1. The Morgan fingerprint density at radius 2 is 1.59 bits per heavy atom. The molecule has 1 heterocycles. The van der Waals surface area contributed by atoms with Crippen LogP contribution in [0.1, 0.15) is 26.3 Å². The summed E-state index contributed by atoms with van der Waals surface area (Å²) < 4.78 is 7.19. The van der Waals surface area contributed by atoms with Crippen molar-refractivity contribution in [2.45, 2.75) is 26.4 Å². The molecule has 3 aromatic carbocycles.